The van der Waals surface area contributed by atoms with Gasteiger partial charge in [0.1, 0.15) is 0 Å². The lowest BCUT2D eigenvalue weighted by Gasteiger charge is -2.13. The highest BCUT2D eigenvalue weighted by Gasteiger charge is 2.09. The van der Waals surface area contributed by atoms with E-state index in [1.165, 1.54) is 16.5 Å². The molecule has 0 spiro atoms. The van der Waals surface area contributed by atoms with Gasteiger partial charge in [-0.25, -0.2) is 4.79 Å². The van der Waals surface area contributed by atoms with Crippen molar-refractivity contribution < 1.29 is 0 Å². The Labute approximate surface area is 115 Å². The number of aryl methyl sites for hydroxylation is 1. The second kappa shape index (κ2) is 5.54. The number of nitrogens with one attached hydrogen (secondary N) is 1. The van der Waals surface area contributed by atoms with E-state index in [1.807, 2.05) is 11.4 Å². The first-order chi connectivity index (χ1) is 9.00. The summed E-state index contributed by atoms with van der Waals surface area (Å²) in [6.45, 7) is 2.50. The van der Waals surface area contributed by atoms with Crippen molar-refractivity contribution >= 4 is 11.3 Å². The van der Waals surface area contributed by atoms with Crippen LogP contribution in [0.1, 0.15) is 23.4 Å². The topological polar surface area (TPSA) is 56.0 Å². The van der Waals surface area contributed by atoms with Crippen molar-refractivity contribution in [2.45, 2.75) is 19.5 Å². The highest BCUT2D eigenvalue weighted by Crippen LogP contribution is 2.18. The van der Waals surface area contributed by atoms with Crippen molar-refractivity contribution in [2.24, 2.45) is 14.1 Å². The van der Waals surface area contributed by atoms with E-state index in [4.69, 9.17) is 0 Å². The molecule has 2 aromatic heterocycles. The van der Waals surface area contributed by atoms with E-state index in [0.29, 0.717) is 12.1 Å². The van der Waals surface area contributed by atoms with Gasteiger partial charge in [0.25, 0.3) is 5.56 Å². The third-order valence-corrected chi connectivity index (χ3v) is 4.14. The van der Waals surface area contributed by atoms with Crippen molar-refractivity contribution in [3.05, 3.63) is 55.0 Å². The van der Waals surface area contributed by atoms with Crippen LogP contribution in [0.15, 0.2) is 33.3 Å². The van der Waals surface area contributed by atoms with E-state index in [0.717, 1.165) is 4.57 Å². The zero-order chi connectivity index (χ0) is 14.0. The Balaban J connectivity index is 2.17. The average molecular weight is 279 g/mol. The summed E-state index contributed by atoms with van der Waals surface area (Å²) in [6, 6.07) is 4.24. The average Bonchev–Trinajstić information content (AvgIpc) is 2.92. The van der Waals surface area contributed by atoms with Crippen molar-refractivity contribution in [2.75, 3.05) is 0 Å². The van der Waals surface area contributed by atoms with E-state index < -0.39 is 0 Å². The molecule has 0 radical (unpaired) electrons. The van der Waals surface area contributed by atoms with Crippen molar-refractivity contribution in [1.29, 1.82) is 0 Å². The fourth-order valence-corrected chi connectivity index (χ4v) is 2.66. The molecule has 2 aromatic rings. The minimum Gasteiger partial charge on any atom is -0.305 e. The number of hydrogen-bond acceptors (Lipinski definition) is 4. The summed E-state index contributed by atoms with van der Waals surface area (Å²) in [5.41, 5.74) is 0.0436. The Bertz CT molecular complexity index is 670. The first-order valence-electron chi connectivity index (χ1n) is 6.03. The molecule has 1 N–H and O–H groups in total. The summed E-state index contributed by atoms with van der Waals surface area (Å²) in [6.07, 6.45) is 1.60. The molecule has 6 heteroatoms. The van der Waals surface area contributed by atoms with Gasteiger partial charge < -0.3 is 9.88 Å². The Hall–Kier alpha value is -1.66. The van der Waals surface area contributed by atoms with E-state index in [9.17, 15) is 9.59 Å². The highest BCUT2D eigenvalue weighted by atomic mass is 32.1. The Morgan fingerprint density at radius 2 is 2.11 bits per heavy atom. The van der Waals surface area contributed by atoms with Gasteiger partial charge in [-0.15, -0.1) is 11.3 Å². The first-order valence-corrected chi connectivity index (χ1v) is 6.91. The zero-order valence-electron chi connectivity index (χ0n) is 11.2. The van der Waals surface area contributed by atoms with Crippen molar-refractivity contribution in [1.82, 2.24) is 14.5 Å². The molecule has 1 atom stereocenters. The van der Waals surface area contributed by atoms with Gasteiger partial charge in [0.2, 0.25) is 0 Å². The van der Waals surface area contributed by atoms with Crippen LogP contribution in [0.2, 0.25) is 0 Å². The quantitative estimate of drug-likeness (QED) is 0.908. The Morgan fingerprint density at radius 1 is 1.37 bits per heavy atom. The largest absolute Gasteiger partial charge is 0.330 e. The van der Waals surface area contributed by atoms with Gasteiger partial charge in [-0.3, -0.25) is 9.36 Å². The molecular formula is C13H17N3O2S. The summed E-state index contributed by atoms with van der Waals surface area (Å²) < 4.78 is 2.56. The lowest BCUT2D eigenvalue weighted by atomic mass is 10.2. The highest BCUT2D eigenvalue weighted by molar-refractivity contribution is 7.10. The molecular weight excluding hydrogens is 262 g/mol. The van der Waals surface area contributed by atoms with Gasteiger partial charge in [0.15, 0.2) is 0 Å². The van der Waals surface area contributed by atoms with Crippen LogP contribution < -0.4 is 16.6 Å². The molecule has 5 nitrogen and oxygen atoms in total. The van der Waals surface area contributed by atoms with Gasteiger partial charge >= 0.3 is 5.69 Å². The predicted octanol–water partition coefficient (Wildman–Crippen LogP) is 0.996. The zero-order valence-corrected chi connectivity index (χ0v) is 12.0. The van der Waals surface area contributed by atoms with Crippen LogP contribution in [-0.4, -0.2) is 9.13 Å². The standard InChI is InChI=1S/C13H17N3O2S/c1-9(11-5-4-6-19-11)14-7-10-8-15(2)13(18)16(3)12(10)17/h4-6,8-9,14H,7H2,1-3H3/t9-/m0/s1. The van der Waals surface area contributed by atoms with Gasteiger partial charge in [0, 0.05) is 43.3 Å². The van der Waals surface area contributed by atoms with Crippen LogP contribution in [0.5, 0.6) is 0 Å². The molecule has 0 unspecified atom stereocenters. The second-order valence-corrected chi connectivity index (χ2v) is 5.51. The Morgan fingerprint density at radius 3 is 2.74 bits per heavy atom. The molecule has 0 saturated carbocycles. The lowest BCUT2D eigenvalue weighted by Crippen LogP contribution is -2.39. The fourth-order valence-electron chi connectivity index (χ4n) is 1.91. The molecule has 0 bridgehead atoms. The summed E-state index contributed by atoms with van der Waals surface area (Å²) in [5, 5.41) is 5.32. The molecule has 0 aliphatic heterocycles. The van der Waals surface area contributed by atoms with Crippen molar-refractivity contribution in [3.63, 3.8) is 0 Å². The molecule has 0 amide bonds. The normalized spacial score (nSPS) is 12.6. The van der Waals surface area contributed by atoms with E-state index in [1.54, 1.807) is 24.6 Å². The van der Waals surface area contributed by atoms with E-state index in [-0.39, 0.29) is 17.3 Å². The maximum Gasteiger partial charge on any atom is 0.330 e. The summed E-state index contributed by atoms with van der Waals surface area (Å²) in [4.78, 5) is 24.8. The van der Waals surface area contributed by atoms with Crippen LogP contribution in [0.25, 0.3) is 0 Å². The van der Waals surface area contributed by atoms with Gasteiger partial charge in [-0.1, -0.05) is 6.07 Å². The number of nitrogens with zero attached hydrogens (tertiary/aromatic N) is 2. The second-order valence-electron chi connectivity index (χ2n) is 4.53. The molecule has 0 saturated heterocycles. The summed E-state index contributed by atoms with van der Waals surface area (Å²) in [5.74, 6) is 0. The van der Waals surface area contributed by atoms with Crippen LogP contribution in [0.4, 0.5) is 0 Å². The third kappa shape index (κ3) is 2.85. The van der Waals surface area contributed by atoms with Crippen LogP contribution in [0.3, 0.4) is 0 Å². The molecule has 2 rings (SSSR count). The van der Waals surface area contributed by atoms with Crippen molar-refractivity contribution in [3.8, 4) is 0 Å². The summed E-state index contributed by atoms with van der Waals surface area (Å²) in [7, 11) is 3.14. The maximum absolute atomic E-state index is 12.0. The molecule has 0 aromatic carbocycles. The molecule has 19 heavy (non-hydrogen) atoms. The molecule has 102 valence electrons. The predicted molar refractivity (Wildman–Crippen MR) is 76.5 cm³/mol. The smallest absolute Gasteiger partial charge is 0.305 e. The summed E-state index contributed by atoms with van der Waals surface area (Å²) >= 11 is 1.68. The minimum absolute atomic E-state index is 0.182. The first kappa shape index (κ1) is 13.8. The number of aromatic nitrogens is 2. The van der Waals surface area contributed by atoms with Gasteiger partial charge in [0.05, 0.1) is 0 Å². The molecule has 0 aliphatic rings. The number of thiophene rings is 1. The van der Waals surface area contributed by atoms with Crippen LogP contribution >= 0.6 is 11.3 Å². The third-order valence-electron chi connectivity index (χ3n) is 3.09. The van der Waals surface area contributed by atoms with E-state index >= 15 is 0 Å². The fraction of sp³-hybridized carbons (Fsp3) is 0.385. The minimum atomic E-state index is -0.306. The monoisotopic (exact) mass is 279 g/mol. The molecule has 2 heterocycles. The molecule has 0 fully saturated rings. The SMILES string of the molecule is C[C@H](NCc1cn(C)c(=O)n(C)c1=O)c1cccs1. The van der Waals surface area contributed by atoms with Gasteiger partial charge in [-0.05, 0) is 18.4 Å². The van der Waals surface area contributed by atoms with E-state index in [2.05, 4.69) is 18.3 Å². The van der Waals surface area contributed by atoms with Gasteiger partial charge in [-0.2, -0.15) is 0 Å². The lowest BCUT2D eigenvalue weighted by molar-refractivity contribution is 0.565. The van der Waals surface area contributed by atoms with Crippen LogP contribution in [0, 0.1) is 0 Å². The number of rotatable bonds is 4. The van der Waals surface area contributed by atoms with Crippen LogP contribution in [-0.2, 0) is 20.6 Å². The number of hydrogen-bond donors (Lipinski definition) is 1. The Kier molecular flexibility index (Phi) is 4.01. The molecule has 0 aliphatic carbocycles. The maximum atomic E-state index is 12.0.